The SMILES string of the molecule is CCC(F)C[C@@H](F)CC. The predicted molar refractivity (Wildman–Crippen MR) is 35.0 cm³/mol. The number of alkyl halides is 2. The average molecular weight is 136 g/mol. The highest BCUT2D eigenvalue weighted by molar-refractivity contribution is 4.60. The monoisotopic (exact) mass is 136 g/mol. The molecule has 0 rings (SSSR count). The smallest absolute Gasteiger partial charge is 0.103 e. The molecule has 0 radical (unpaired) electrons. The third-order valence-corrected chi connectivity index (χ3v) is 1.40. The topological polar surface area (TPSA) is 0 Å². The van der Waals surface area contributed by atoms with Gasteiger partial charge in [0.1, 0.15) is 12.3 Å². The van der Waals surface area contributed by atoms with Crippen LogP contribution >= 0.6 is 0 Å². The maximum atomic E-state index is 12.3. The van der Waals surface area contributed by atoms with Gasteiger partial charge in [0, 0.05) is 6.42 Å². The van der Waals surface area contributed by atoms with Gasteiger partial charge in [-0.25, -0.2) is 8.78 Å². The molecule has 0 bridgehead atoms. The molecule has 0 aromatic carbocycles. The molecule has 1 unspecified atom stereocenters. The Morgan fingerprint density at radius 3 is 1.56 bits per heavy atom. The molecule has 56 valence electrons. The molecule has 0 aliphatic heterocycles. The zero-order valence-corrected chi connectivity index (χ0v) is 6.03. The summed E-state index contributed by atoms with van der Waals surface area (Å²) in [5.74, 6) is 0. The van der Waals surface area contributed by atoms with Crippen molar-refractivity contribution in [2.45, 2.75) is 45.5 Å². The fraction of sp³-hybridized carbons (Fsp3) is 1.00. The second-order valence-corrected chi connectivity index (χ2v) is 2.25. The second-order valence-electron chi connectivity index (χ2n) is 2.25. The summed E-state index contributed by atoms with van der Waals surface area (Å²) in [5, 5.41) is 0. The first-order valence-corrected chi connectivity index (χ1v) is 3.48. The fourth-order valence-corrected chi connectivity index (χ4v) is 0.611. The van der Waals surface area contributed by atoms with Crippen molar-refractivity contribution < 1.29 is 8.78 Å². The van der Waals surface area contributed by atoms with E-state index in [0.717, 1.165) is 0 Å². The Labute approximate surface area is 55.3 Å². The lowest BCUT2D eigenvalue weighted by molar-refractivity contribution is 0.210. The van der Waals surface area contributed by atoms with E-state index < -0.39 is 12.3 Å². The van der Waals surface area contributed by atoms with E-state index in [0.29, 0.717) is 12.8 Å². The first-order valence-electron chi connectivity index (χ1n) is 3.48. The zero-order valence-electron chi connectivity index (χ0n) is 6.03. The summed E-state index contributed by atoms with van der Waals surface area (Å²) < 4.78 is 24.7. The molecule has 0 aliphatic rings. The van der Waals surface area contributed by atoms with Crippen molar-refractivity contribution in [3.05, 3.63) is 0 Å². The standard InChI is InChI=1S/C7H14F2/c1-3-6(8)5-7(9)4-2/h6-7H,3-5H2,1-2H3/t6-,7?/m0/s1. The summed E-state index contributed by atoms with van der Waals surface area (Å²) in [6.07, 6.45) is -0.951. The van der Waals surface area contributed by atoms with Crippen LogP contribution in [0.25, 0.3) is 0 Å². The van der Waals surface area contributed by atoms with Gasteiger partial charge in [-0.3, -0.25) is 0 Å². The van der Waals surface area contributed by atoms with Gasteiger partial charge in [0.25, 0.3) is 0 Å². The van der Waals surface area contributed by atoms with Crippen LogP contribution in [-0.4, -0.2) is 12.3 Å². The van der Waals surface area contributed by atoms with Crippen LogP contribution in [0.15, 0.2) is 0 Å². The lowest BCUT2D eigenvalue weighted by atomic mass is 10.1. The average Bonchev–Trinajstić information content (AvgIpc) is 1.87. The van der Waals surface area contributed by atoms with E-state index >= 15 is 0 Å². The van der Waals surface area contributed by atoms with Crippen molar-refractivity contribution in [2.75, 3.05) is 0 Å². The van der Waals surface area contributed by atoms with E-state index in [2.05, 4.69) is 0 Å². The van der Waals surface area contributed by atoms with E-state index in [1.165, 1.54) is 0 Å². The molecule has 0 spiro atoms. The number of hydrogen-bond acceptors (Lipinski definition) is 0. The normalized spacial score (nSPS) is 17.3. The zero-order chi connectivity index (χ0) is 7.28. The van der Waals surface area contributed by atoms with Gasteiger partial charge in [0.15, 0.2) is 0 Å². The molecule has 2 heteroatoms. The minimum atomic E-state index is -0.944. The van der Waals surface area contributed by atoms with Gasteiger partial charge >= 0.3 is 0 Å². The second kappa shape index (κ2) is 4.71. The van der Waals surface area contributed by atoms with Crippen molar-refractivity contribution in [1.82, 2.24) is 0 Å². The maximum Gasteiger partial charge on any atom is 0.103 e. The van der Waals surface area contributed by atoms with Gasteiger partial charge in [-0.1, -0.05) is 13.8 Å². The molecule has 0 amide bonds. The first kappa shape index (κ1) is 8.86. The summed E-state index contributed by atoms with van der Waals surface area (Å²) >= 11 is 0. The van der Waals surface area contributed by atoms with E-state index in [-0.39, 0.29) is 6.42 Å². The Hall–Kier alpha value is -0.140. The molecule has 0 aromatic rings. The van der Waals surface area contributed by atoms with Crippen molar-refractivity contribution in [3.8, 4) is 0 Å². The number of hydrogen-bond donors (Lipinski definition) is 0. The third-order valence-electron chi connectivity index (χ3n) is 1.40. The van der Waals surface area contributed by atoms with Crippen molar-refractivity contribution in [1.29, 1.82) is 0 Å². The molecule has 0 aliphatic carbocycles. The van der Waals surface area contributed by atoms with Crippen LogP contribution in [0.5, 0.6) is 0 Å². The molecular formula is C7H14F2. The minimum absolute atomic E-state index is 0.0764. The largest absolute Gasteiger partial charge is 0.247 e. The van der Waals surface area contributed by atoms with Gasteiger partial charge < -0.3 is 0 Å². The summed E-state index contributed by atoms with van der Waals surface area (Å²) in [5.41, 5.74) is 0. The van der Waals surface area contributed by atoms with Crippen LogP contribution < -0.4 is 0 Å². The van der Waals surface area contributed by atoms with Crippen LogP contribution in [-0.2, 0) is 0 Å². The highest BCUT2D eigenvalue weighted by Gasteiger charge is 2.10. The van der Waals surface area contributed by atoms with E-state index in [4.69, 9.17) is 0 Å². The van der Waals surface area contributed by atoms with Crippen LogP contribution in [0, 0.1) is 0 Å². The molecule has 0 N–H and O–H groups in total. The third kappa shape index (κ3) is 4.37. The van der Waals surface area contributed by atoms with Crippen LogP contribution in [0.4, 0.5) is 8.78 Å². The molecule has 0 nitrogen and oxygen atoms in total. The highest BCUT2D eigenvalue weighted by Crippen LogP contribution is 2.11. The van der Waals surface area contributed by atoms with Crippen molar-refractivity contribution in [3.63, 3.8) is 0 Å². The number of halogens is 2. The van der Waals surface area contributed by atoms with Gasteiger partial charge in [-0.2, -0.15) is 0 Å². The lowest BCUT2D eigenvalue weighted by Crippen LogP contribution is -2.07. The van der Waals surface area contributed by atoms with E-state index in [1.54, 1.807) is 13.8 Å². The molecule has 0 fully saturated rings. The summed E-state index contributed by atoms with van der Waals surface area (Å²) in [7, 11) is 0. The Balaban J connectivity index is 3.22. The fourth-order valence-electron chi connectivity index (χ4n) is 0.611. The molecular weight excluding hydrogens is 122 g/mol. The quantitative estimate of drug-likeness (QED) is 0.557. The predicted octanol–water partition coefficient (Wildman–Crippen LogP) is 2.87. The minimum Gasteiger partial charge on any atom is -0.247 e. The van der Waals surface area contributed by atoms with Crippen LogP contribution in [0.1, 0.15) is 33.1 Å². The molecule has 0 saturated carbocycles. The van der Waals surface area contributed by atoms with Crippen molar-refractivity contribution >= 4 is 0 Å². The molecule has 0 aromatic heterocycles. The summed E-state index contributed by atoms with van der Waals surface area (Å²) in [6.45, 7) is 3.46. The van der Waals surface area contributed by atoms with Gasteiger partial charge in [-0.05, 0) is 12.8 Å². The highest BCUT2D eigenvalue weighted by atomic mass is 19.1. The van der Waals surface area contributed by atoms with Gasteiger partial charge in [0.05, 0.1) is 0 Å². The van der Waals surface area contributed by atoms with Crippen LogP contribution in [0.2, 0.25) is 0 Å². The Bertz CT molecular complexity index is 55.9. The molecule has 0 heterocycles. The van der Waals surface area contributed by atoms with E-state index in [1.807, 2.05) is 0 Å². The van der Waals surface area contributed by atoms with Gasteiger partial charge in [0.2, 0.25) is 0 Å². The van der Waals surface area contributed by atoms with Crippen LogP contribution in [0.3, 0.4) is 0 Å². The van der Waals surface area contributed by atoms with Crippen molar-refractivity contribution in [2.24, 2.45) is 0 Å². The number of rotatable bonds is 4. The Morgan fingerprint density at radius 1 is 1.00 bits per heavy atom. The maximum absolute atomic E-state index is 12.3. The van der Waals surface area contributed by atoms with E-state index in [9.17, 15) is 8.78 Å². The summed E-state index contributed by atoms with van der Waals surface area (Å²) in [6, 6.07) is 0. The Kier molecular flexibility index (Phi) is 4.64. The molecule has 9 heavy (non-hydrogen) atoms. The molecule has 0 saturated heterocycles. The molecule has 2 atom stereocenters. The van der Waals surface area contributed by atoms with Gasteiger partial charge in [-0.15, -0.1) is 0 Å². The first-order chi connectivity index (χ1) is 4.20. The Morgan fingerprint density at radius 2 is 1.33 bits per heavy atom. The lowest BCUT2D eigenvalue weighted by Gasteiger charge is -2.06. The summed E-state index contributed by atoms with van der Waals surface area (Å²) in [4.78, 5) is 0.